The number of anilines is 1. The van der Waals surface area contributed by atoms with Gasteiger partial charge in [-0.15, -0.1) is 0 Å². The lowest BCUT2D eigenvalue weighted by Gasteiger charge is -2.34. The maximum atomic E-state index is 14.2. The van der Waals surface area contributed by atoms with E-state index in [2.05, 4.69) is 5.32 Å². The lowest BCUT2D eigenvalue weighted by molar-refractivity contribution is -0.140. The van der Waals surface area contributed by atoms with Crippen molar-refractivity contribution in [3.63, 3.8) is 0 Å². The number of aryl methyl sites for hydroxylation is 1. The SMILES string of the molecule is COc1ccc(OC)c(N(CC(=O)N(Cc2ccccc2C)[C@H](Cc2ccccc2)C(=O)NC(C)C)S(C)(=O)=O)c1. The molecule has 10 heteroatoms. The number of amides is 2. The van der Waals surface area contributed by atoms with E-state index in [4.69, 9.17) is 9.47 Å². The van der Waals surface area contributed by atoms with Gasteiger partial charge < -0.3 is 19.7 Å². The van der Waals surface area contributed by atoms with Crippen LogP contribution in [0.1, 0.15) is 30.5 Å². The van der Waals surface area contributed by atoms with Crippen LogP contribution in [0, 0.1) is 6.92 Å². The quantitative estimate of drug-likeness (QED) is 0.328. The third kappa shape index (κ3) is 8.47. The molecule has 3 aromatic rings. The summed E-state index contributed by atoms with van der Waals surface area (Å²) in [6.45, 7) is 5.20. The van der Waals surface area contributed by atoms with Gasteiger partial charge in [0.1, 0.15) is 24.1 Å². The zero-order valence-electron chi connectivity index (χ0n) is 24.5. The van der Waals surface area contributed by atoms with E-state index in [1.54, 1.807) is 12.1 Å². The molecule has 0 saturated heterocycles. The summed E-state index contributed by atoms with van der Waals surface area (Å²) in [4.78, 5) is 29.3. The van der Waals surface area contributed by atoms with Crippen LogP contribution < -0.4 is 19.1 Å². The normalized spacial score (nSPS) is 12.0. The Morgan fingerprint density at radius 3 is 2.17 bits per heavy atom. The number of rotatable bonds is 13. The largest absolute Gasteiger partial charge is 0.497 e. The molecule has 0 radical (unpaired) electrons. The molecule has 0 bridgehead atoms. The summed E-state index contributed by atoms with van der Waals surface area (Å²) in [5.41, 5.74) is 2.82. The molecule has 1 atom stereocenters. The van der Waals surface area contributed by atoms with Crippen molar-refractivity contribution in [2.45, 2.75) is 45.8 Å². The molecule has 3 rings (SSSR count). The Morgan fingerprint density at radius 1 is 0.927 bits per heavy atom. The minimum atomic E-state index is -3.96. The van der Waals surface area contributed by atoms with E-state index >= 15 is 0 Å². The smallest absolute Gasteiger partial charge is 0.244 e. The van der Waals surface area contributed by atoms with Gasteiger partial charge in [-0.3, -0.25) is 13.9 Å². The van der Waals surface area contributed by atoms with Crippen LogP contribution in [0.25, 0.3) is 0 Å². The number of ether oxygens (including phenoxy) is 2. The Bertz CT molecular complexity index is 1440. The van der Waals surface area contributed by atoms with Crippen molar-refractivity contribution in [1.29, 1.82) is 0 Å². The molecule has 0 unspecified atom stereocenters. The van der Waals surface area contributed by atoms with Crippen molar-refractivity contribution >= 4 is 27.5 Å². The van der Waals surface area contributed by atoms with E-state index in [9.17, 15) is 18.0 Å². The van der Waals surface area contributed by atoms with Crippen LogP contribution in [0.2, 0.25) is 0 Å². The number of sulfonamides is 1. The number of carbonyl (C=O) groups excluding carboxylic acids is 2. The molecule has 0 heterocycles. The van der Waals surface area contributed by atoms with E-state index in [-0.39, 0.29) is 36.4 Å². The summed E-state index contributed by atoms with van der Waals surface area (Å²) in [5.74, 6) is -0.205. The molecule has 1 N–H and O–H groups in total. The molecule has 9 nitrogen and oxygen atoms in total. The number of hydrogen-bond acceptors (Lipinski definition) is 6. The summed E-state index contributed by atoms with van der Waals surface area (Å²) in [7, 11) is -1.07. The molecule has 0 saturated carbocycles. The van der Waals surface area contributed by atoms with Crippen molar-refractivity contribution < 1.29 is 27.5 Å². The highest BCUT2D eigenvalue weighted by Crippen LogP contribution is 2.34. The third-order valence-electron chi connectivity index (χ3n) is 6.64. The van der Waals surface area contributed by atoms with E-state index in [1.165, 1.54) is 25.2 Å². The molecule has 0 aliphatic carbocycles. The molecular formula is C31H39N3O6S. The highest BCUT2D eigenvalue weighted by molar-refractivity contribution is 7.92. The number of benzene rings is 3. The van der Waals surface area contributed by atoms with Crippen molar-refractivity contribution in [2.24, 2.45) is 0 Å². The second-order valence-corrected chi connectivity index (χ2v) is 12.0. The molecule has 220 valence electrons. The Balaban J connectivity index is 2.12. The van der Waals surface area contributed by atoms with Gasteiger partial charge in [0.15, 0.2) is 0 Å². The predicted molar refractivity (Wildman–Crippen MR) is 161 cm³/mol. The van der Waals surface area contributed by atoms with Gasteiger partial charge in [0.05, 0.1) is 26.2 Å². The lowest BCUT2D eigenvalue weighted by Crippen LogP contribution is -2.54. The Kier molecular flexibility index (Phi) is 10.8. The molecule has 41 heavy (non-hydrogen) atoms. The standard InChI is InChI=1S/C31H39N3O6S/c1-22(2)32-31(36)28(18-24-13-8-7-9-14-24)33(20-25-15-11-10-12-23(25)3)30(35)21-34(41(6,37)38)27-19-26(39-4)16-17-29(27)40-5/h7-17,19,22,28H,18,20-21H2,1-6H3,(H,32,36)/t28-/m1/s1. The summed E-state index contributed by atoms with van der Waals surface area (Å²) in [6.07, 6.45) is 1.27. The summed E-state index contributed by atoms with van der Waals surface area (Å²) >= 11 is 0. The van der Waals surface area contributed by atoms with Crippen LogP contribution in [-0.2, 0) is 32.6 Å². The van der Waals surface area contributed by atoms with Crippen molar-refractivity contribution in [3.05, 3.63) is 89.5 Å². The second kappa shape index (κ2) is 14.0. The van der Waals surface area contributed by atoms with Crippen LogP contribution >= 0.6 is 0 Å². The Labute approximate surface area is 243 Å². The van der Waals surface area contributed by atoms with Gasteiger partial charge >= 0.3 is 0 Å². The van der Waals surface area contributed by atoms with Gasteiger partial charge in [0.2, 0.25) is 21.8 Å². The van der Waals surface area contributed by atoms with Gasteiger partial charge in [0, 0.05) is 25.1 Å². The average Bonchev–Trinajstić information content (AvgIpc) is 2.93. The number of hydrogen-bond donors (Lipinski definition) is 1. The third-order valence-corrected chi connectivity index (χ3v) is 7.76. The molecule has 0 fully saturated rings. The molecule has 0 aliphatic rings. The van der Waals surface area contributed by atoms with E-state index < -0.39 is 28.5 Å². The van der Waals surface area contributed by atoms with Crippen LogP contribution in [0.5, 0.6) is 11.5 Å². The first-order chi connectivity index (χ1) is 19.4. The Morgan fingerprint density at radius 2 is 1.59 bits per heavy atom. The fourth-order valence-electron chi connectivity index (χ4n) is 4.49. The van der Waals surface area contributed by atoms with Gasteiger partial charge in [0.25, 0.3) is 0 Å². The first kappa shape index (κ1) is 31.5. The molecule has 0 aliphatic heterocycles. The van der Waals surface area contributed by atoms with E-state index in [1.807, 2.05) is 75.4 Å². The van der Waals surface area contributed by atoms with Gasteiger partial charge in [-0.2, -0.15) is 0 Å². The van der Waals surface area contributed by atoms with Crippen molar-refractivity contribution in [3.8, 4) is 11.5 Å². The van der Waals surface area contributed by atoms with Crippen LogP contribution in [0.4, 0.5) is 5.69 Å². The van der Waals surface area contributed by atoms with Gasteiger partial charge in [-0.25, -0.2) is 8.42 Å². The predicted octanol–water partition coefficient (Wildman–Crippen LogP) is 3.94. The monoisotopic (exact) mass is 581 g/mol. The Hall–Kier alpha value is -4.05. The number of nitrogens with zero attached hydrogens (tertiary/aromatic N) is 2. The average molecular weight is 582 g/mol. The highest BCUT2D eigenvalue weighted by atomic mass is 32.2. The molecule has 0 spiro atoms. The number of carbonyl (C=O) groups is 2. The van der Waals surface area contributed by atoms with Crippen molar-refractivity contribution in [1.82, 2.24) is 10.2 Å². The van der Waals surface area contributed by atoms with Crippen LogP contribution in [0.15, 0.2) is 72.8 Å². The molecule has 2 amide bonds. The molecule has 0 aromatic heterocycles. The van der Waals surface area contributed by atoms with E-state index in [0.29, 0.717) is 5.75 Å². The fourth-order valence-corrected chi connectivity index (χ4v) is 5.34. The zero-order chi connectivity index (χ0) is 30.2. The maximum Gasteiger partial charge on any atom is 0.244 e. The second-order valence-electron chi connectivity index (χ2n) is 10.1. The fraction of sp³-hybridized carbons (Fsp3) is 0.355. The van der Waals surface area contributed by atoms with Crippen molar-refractivity contribution in [2.75, 3.05) is 31.3 Å². The summed E-state index contributed by atoms with van der Waals surface area (Å²) in [6, 6.07) is 20.7. The van der Waals surface area contributed by atoms with Gasteiger partial charge in [-0.1, -0.05) is 54.6 Å². The summed E-state index contributed by atoms with van der Waals surface area (Å²) in [5, 5.41) is 2.95. The van der Waals surface area contributed by atoms with Gasteiger partial charge in [-0.05, 0) is 49.6 Å². The first-order valence-corrected chi connectivity index (χ1v) is 15.2. The molecule has 3 aromatic carbocycles. The number of methoxy groups -OCH3 is 2. The maximum absolute atomic E-state index is 14.2. The highest BCUT2D eigenvalue weighted by Gasteiger charge is 2.34. The van der Waals surface area contributed by atoms with Crippen LogP contribution in [-0.4, -0.2) is 64.2 Å². The topological polar surface area (TPSA) is 105 Å². The van der Waals surface area contributed by atoms with E-state index in [0.717, 1.165) is 27.3 Å². The minimum absolute atomic E-state index is 0.112. The first-order valence-electron chi connectivity index (χ1n) is 13.3. The summed E-state index contributed by atoms with van der Waals surface area (Å²) < 4.78 is 37.9. The lowest BCUT2D eigenvalue weighted by atomic mass is 10.0. The number of nitrogens with one attached hydrogen (secondary N) is 1. The zero-order valence-corrected chi connectivity index (χ0v) is 25.3. The van der Waals surface area contributed by atoms with Crippen LogP contribution in [0.3, 0.4) is 0 Å². The minimum Gasteiger partial charge on any atom is -0.497 e. The molecular weight excluding hydrogens is 542 g/mol.